The number of nitrogens with zero attached hydrogens (tertiary/aromatic N) is 2. The third-order valence-corrected chi connectivity index (χ3v) is 2.26. The number of allylic oxidation sites excluding steroid dienone is 1. The van der Waals surface area contributed by atoms with Gasteiger partial charge in [0.25, 0.3) is 0 Å². The molecule has 2 rings (SSSR count). The fourth-order valence-electron chi connectivity index (χ4n) is 1.59. The molecule has 2 aliphatic rings. The van der Waals surface area contributed by atoms with E-state index in [0.29, 0.717) is 5.92 Å². The molecule has 2 unspecified atom stereocenters. The lowest BCUT2D eigenvalue weighted by atomic mass is 10.0. The molecular weight excluding hydrogens is 136 g/mol. The maximum Gasteiger partial charge on any atom is 0.146 e. The van der Waals surface area contributed by atoms with Crippen molar-refractivity contribution in [3.8, 4) is 0 Å². The van der Waals surface area contributed by atoms with Crippen LogP contribution in [0.25, 0.3) is 0 Å². The second-order valence-corrected chi connectivity index (χ2v) is 3.01. The minimum Gasteiger partial charge on any atom is -0.267 e. The molecule has 0 amide bonds. The third kappa shape index (κ3) is 1.13. The Balaban J connectivity index is 2.16. The summed E-state index contributed by atoms with van der Waals surface area (Å²) < 4.78 is 0. The van der Waals surface area contributed by atoms with Crippen LogP contribution in [0, 0.1) is 5.92 Å². The van der Waals surface area contributed by atoms with Gasteiger partial charge in [0, 0.05) is 17.8 Å². The van der Waals surface area contributed by atoms with Gasteiger partial charge in [0.15, 0.2) is 0 Å². The Morgan fingerprint density at radius 1 is 1.64 bits per heavy atom. The van der Waals surface area contributed by atoms with Crippen molar-refractivity contribution < 1.29 is 0 Å². The van der Waals surface area contributed by atoms with E-state index >= 15 is 0 Å². The van der Waals surface area contributed by atoms with E-state index in [1.807, 2.05) is 12.3 Å². The number of hydrogen-bond acceptors (Lipinski definition) is 2. The fourth-order valence-corrected chi connectivity index (χ4v) is 1.59. The molecule has 0 saturated carbocycles. The summed E-state index contributed by atoms with van der Waals surface area (Å²) in [6.07, 6.45) is 8.50. The van der Waals surface area contributed by atoms with Crippen LogP contribution in [0.3, 0.4) is 0 Å². The van der Waals surface area contributed by atoms with Crippen molar-refractivity contribution in [3.05, 3.63) is 12.2 Å². The Labute approximate surface area is 66.7 Å². The van der Waals surface area contributed by atoms with E-state index in [2.05, 4.69) is 23.0 Å². The van der Waals surface area contributed by atoms with Crippen LogP contribution in [-0.2, 0) is 0 Å². The summed E-state index contributed by atoms with van der Waals surface area (Å²) in [4.78, 5) is 8.79. The van der Waals surface area contributed by atoms with E-state index in [0.717, 1.165) is 12.8 Å². The van der Waals surface area contributed by atoms with Crippen LogP contribution in [-0.4, -0.2) is 18.1 Å². The van der Waals surface area contributed by atoms with Crippen molar-refractivity contribution in [2.45, 2.75) is 25.9 Å². The molecule has 58 valence electrons. The second-order valence-electron chi connectivity index (χ2n) is 3.01. The maximum absolute atomic E-state index is 4.50. The predicted molar refractivity (Wildman–Crippen MR) is 47.3 cm³/mol. The Hall–Kier alpha value is -0.920. The van der Waals surface area contributed by atoms with Crippen LogP contribution in [0.1, 0.15) is 19.8 Å². The summed E-state index contributed by atoms with van der Waals surface area (Å²) >= 11 is 0. The van der Waals surface area contributed by atoms with Crippen LogP contribution in [0.5, 0.6) is 0 Å². The first-order chi connectivity index (χ1) is 5.40. The first-order valence-corrected chi connectivity index (χ1v) is 4.15. The smallest absolute Gasteiger partial charge is 0.146 e. The number of hydrogen-bond donors (Lipinski definition) is 0. The molecule has 0 fully saturated rings. The van der Waals surface area contributed by atoms with Gasteiger partial charge in [-0.2, -0.15) is 0 Å². The zero-order chi connectivity index (χ0) is 7.68. The van der Waals surface area contributed by atoms with Crippen LogP contribution in [0.15, 0.2) is 22.1 Å². The lowest BCUT2D eigenvalue weighted by Crippen LogP contribution is -2.11. The van der Waals surface area contributed by atoms with Crippen LogP contribution in [0.4, 0.5) is 0 Å². The SMILES string of the molecule is CCC1=NC2N=CC=CC2C1. The minimum atomic E-state index is 0.218. The van der Waals surface area contributed by atoms with Crippen LogP contribution in [0.2, 0.25) is 0 Å². The van der Waals surface area contributed by atoms with Crippen molar-refractivity contribution in [2.75, 3.05) is 0 Å². The van der Waals surface area contributed by atoms with E-state index in [-0.39, 0.29) is 6.17 Å². The highest BCUT2D eigenvalue weighted by molar-refractivity contribution is 5.87. The molecule has 11 heavy (non-hydrogen) atoms. The second kappa shape index (κ2) is 2.61. The topological polar surface area (TPSA) is 24.7 Å². The minimum absolute atomic E-state index is 0.218. The number of dihydropyridines is 1. The van der Waals surface area contributed by atoms with E-state index in [1.54, 1.807) is 0 Å². The number of fused-ring (bicyclic) bond motifs is 1. The van der Waals surface area contributed by atoms with Crippen molar-refractivity contribution in [3.63, 3.8) is 0 Å². The molecule has 0 radical (unpaired) electrons. The first-order valence-electron chi connectivity index (χ1n) is 4.15. The molecule has 2 heteroatoms. The fraction of sp³-hybridized carbons (Fsp3) is 0.556. The average molecular weight is 148 g/mol. The highest BCUT2D eigenvalue weighted by Crippen LogP contribution is 2.26. The van der Waals surface area contributed by atoms with Gasteiger partial charge in [-0.1, -0.05) is 13.0 Å². The Morgan fingerprint density at radius 3 is 3.27 bits per heavy atom. The summed E-state index contributed by atoms with van der Waals surface area (Å²) in [6.45, 7) is 2.16. The average Bonchev–Trinajstić information content (AvgIpc) is 2.46. The molecule has 0 aromatic rings. The molecule has 0 bridgehead atoms. The number of aliphatic imine (C=N–C) groups is 2. The Kier molecular flexibility index (Phi) is 1.60. The Morgan fingerprint density at radius 2 is 2.55 bits per heavy atom. The van der Waals surface area contributed by atoms with Gasteiger partial charge in [-0.05, 0) is 18.9 Å². The molecule has 2 atom stereocenters. The monoisotopic (exact) mass is 148 g/mol. The van der Waals surface area contributed by atoms with Crippen molar-refractivity contribution in [1.82, 2.24) is 0 Å². The van der Waals surface area contributed by atoms with Crippen LogP contribution >= 0.6 is 0 Å². The first kappa shape index (κ1) is 6.77. The molecule has 2 aliphatic heterocycles. The lowest BCUT2D eigenvalue weighted by Gasteiger charge is -2.11. The summed E-state index contributed by atoms with van der Waals surface area (Å²) in [5.74, 6) is 0.565. The summed E-state index contributed by atoms with van der Waals surface area (Å²) in [5.41, 5.74) is 1.32. The molecular formula is C9H12N2. The zero-order valence-corrected chi connectivity index (χ0v) is 6.70. The van der Waals surface area contributed by atoms with E-state index < -0.39 is 0 Å². The van der Waals surface area contributed by atoms with E-state index in [1.165, 1.54) is 5.71 Å². The Bertz CT molecular complexity index is 238. The quantitative estimate of drug-likeness (QED) is 0.542. The van der Waals surface area contributed by atoms with Gasteiger partial charge in [-0.3, -0.25) is 9.98 Å². The van der Waals surface area contributed by atoms with Gasteiger partial charge in [0.05, 0.1) is 0 Å². The molecule has 0 aromatic heterocycles. The third-order valence-electron chi connectivity index (χ3n) is 2.26. The maximum atomic E-state index is 4.50. The normalized spacial score (nSPS) is 33.7. The van der Waals surface area contributed by atoms with Crippen LogP contribution < -0.4 is 0 Å². The predicted octanol–water partition coefficient (Wildman–Crippen LogP) is 1.82. The van der Waals surface area contributed by atoms with Gasteiger partial charge in [-0.25, -0.2) is 0 Å². The van der Waals surface area contributed by atoms with Gasteiger partial charge < -0.3 is 0 Å². The largest absolute Gasteiger partial charge is 0.267 e. The zero-order valence-electron chi connectivity index (χ0n) is 6.70. The highest BCUT2D eigenvalue weighted by Gasteiger charge is 2.26. The summed E-state index contributed by atoms with van der Waals surface area (Å²) in [5, 5.41) is 0. The van der Waals surface area contributed by atoms with Crippen molar-refractivity contribution in [1.29, 1.82) is 0 Å². The van der Waals surface area contributed by atoms with Gasteiger partial charge in [0.2, 0.25) is 0 Å². The van der Waals surface area contributed by atoms with Gasteiger partial charge in [-0.15, -0.1) is 0 Å². The molecule has 2 nitrogen and oxygen atoms in total. The molecule has 0 aromatic carbocycles. The molecule has 0 saturated heterocycles. The van der Waals surface area contributed by atoms with Crippen molar-refractivity contribution in [2.24, 2.45) is 15.9 Å². The van der Waals surface area contributed by atoms with Gasteiger partial charge >= 0.3 is 0 Å². The molecule has 2 heterocycles. The highest BCUT2D eigenvalue weighted by atomic mass is 15.0. The van der Waals surface area contributed by atoms with Gasteiger partial charge in [0.1, 0.15) is 6.17 Å². The summed E-state index contributed by atoms with van der Waals surface area (Å²) in [6, 6.07) is 0. The van der Waals surface area contributed by atoms with Crippen molar-refractivity contribution >= 4 is 11.9 Å². The molecule has 0 N–H and O–H groups in total. The summed E-state index contributed by atoms with van der Waals surface area (Å²) in [7, 11) is 0. The standard InChI is InChI=1S/C9H12N2/c1-2-8-6-7-4-3-5-10-9(7)11-8/h3-5,7,9H,2,6H2,1H3. The molecule has 0 spiro atoms. The lowest BCUT2D eigenvalue weighted by molar-refractivity contribution is 0.572. The van der Waals surface area contributed by atoms with E-state index in [4.69, 9.17) is 0 Å². The number of rotatable bonds is 1. The van der Waals surface area contributed by atoms with E-state index in [9.17, 15) is 0 Å². The molecule has 0 aliphatic carbocycles.